The minimum absolute atomic E-state index is 0.0846. The van der Waals surface area contributed by atoms with Gasteiger partial charge in [0.2, 0.25) is 10.0 Å². The van der Waals surface area contributed by atoms with Gasteiger partial charge in [-0.3, -0.25) is 4.79 Å². The summed E-state index contributed by atoms with van der Waals surface area (Å²) >= 11 is 0. The van der Waals surface area contributed by atoms with Crippen LogP contribution in [-0.4, -0.2) is 20.4 Å². The van der Waals surface area contributed by atoms with Crippen LogP contribution in [0.3, 0.4) is 0 Å². The Morgan fingerprint density at radius 1 is 1.15 bits per heavy atom. The van der Waals surface area contributed by atoms with E-state index in [4.69, 9.17) is 10.00 Å². The molecule has 27 heavy (non-hydrogen) atoms. The van der Waals surface area contributed by atoms with Crippen molar-refractivity contribution < 1.29 is 17.9 Å². The Hall–Kier alpha value is -2.69. The maximum Gasteiger partial charge on any atom is 0.324 e. The van der Waals surface area contributed by atoms with Gasteiger partial charge in [-0.2, -0.15) is 9.98 Å². The van der Waals surface area contributed by atoms with E-state index in [0.717, 1.165) is 5.56 Å². The maximum atomic E-state index is 12.6. The van der Waals surface area contributed by atoms with Gasteiger partial charge in [-0.15, -0.1) is 0 Å². The van der Waals surface area contributed by atoms with Gasteiger partial charge >= 0.3 is 5.97 Å². The zero-order chi connectivity index (χ0) is 20.0. The van der Waals surface area contributed by atoms with E-state index in [2.05, 4.69) is 4.72 Å². The zero-order valence-electron chi connectivity index (χ0n) is 15.5. The minimum Gasteiger partial charge on any atom is -0.460 e. The number of sulfonamides is 1. The quantitative estimate of drug-likeness (QED) is 0.738. The van der Waals surface area contributed by atoms with E-state index in [1.807, 2.05) is 13.0 Å². The van der Waals surface area contributed by atoms with Crippen LogP contribution in [0.15, 0.2) is 53.4 Å². The molecular weight excluding hydrogens is 364 g/mol. The van der Waals surface area contributed by atoms with E-state index in [1.165, 1.54) is 12.1 Å². The smallest absolute Gasteiger partial charge is 0.324 e. The lowest BCUT2D eigenvalue weighted by Crippen LogP contribution is -2.45. The van der Waals surface area contributed by atoms with Crippen LogP contribution in [-0.2, 0) is 26.2 Å². The van der Waals surface area contributed by atoms with E-state index in [-0.39, 0.29) is 17.4 Å². The van der Waals surface area contributed by atoms with Crippen LogP contribution in [0.4, 0.5) is 0 Å². The monoisotopic (exact) mass is 386 g/mol. The van der Waals surface area contributed by atoms with Crippen LogP contribution < -0.4 is 4.72 Å². The Labute approximate surface area is 159 Å². The Bertz CT molecular complexity index is 945. The molecule has 6 nitrogen and oxygen atoms in total. The third-order valence-electron chi connectivity index (χ3n) is 4.04. The Balaban J connectivity index is 2.13. The van der Waals surface area contributed by atoms with Gasteiger partial charge in [-0.05, 0) is 31.0 Å². The topological polar surface area (TPSA) is 96.3 Å². The van der Waals surface area contributed by atoms with Gasteiger partial charge in [0.25, 0.3) is 0 Å². The van der Waals surface area contributed by atoms with Crippen molar-refractivity contribution in [1.82, 2.24) is 4.72 Å². The molecule has 0 amide bonds. The second kappa shape index (κ2) is 8.80. The largest absolute Gasteiger partial charge is 0.460 e. The fraction of sp³-hybridized carbons (Fsp3) is 0.300. The number of carbonyl (C=O) groups is 1. The van der Waals surface area contributed by atoms with E-state index in [1.54, 1.807) is 50.2 Å². The second-order valence-corrected chi connectivity index (χ2v) is 8.25. The summed E-state index contributed by atoms with van der Waals surface area (Å²) in [5.74, 6) is -1.00. The lowest BCUT2D eigenvalue weighted by Gasteiger charge is -2.21. The van der Waals surface area contributed by atoms with Crippen LogP contribution in [0.5, 0.6) is 0 Å². The standard InChI is InChI=1S/C20H22N2O4S/c1-14(2)19(22-27(24,25)18-10-8-15(3)9-11-18)20(23)26-13-17-7-5-4-6-16(17)12-21/h4-11,14,19,22H,13H2,1-3H3/t19-/m0/s1. The van der Waals surface area contributed by atoms with Gasteiger partial charge in [0.1, 0.15) is 12.6 Å². The summed E-state index contributed by atoms with van der Waals surface area (Å²) in [6.45, 7) is 5.22. The molecule has 0 aliphatic heterocycles. The molecule has 0 saturated heterocycles. The lowest BCUT2D eigenvalue weighted by atomic mass is 10.1. The molecule has 0 aromatic heterocycles. The number of carbonyl (C=O) groups excluding carboxylic acids is 1. The van der Waals surface area contributed by atoms with Crippen LogP contribution in [0.1, 0.15) is 30.5 Å². The maximum absolute atomic E-state index is 12.6. The number of nitrogens with zero attached hydrogens (tertiary/aromatic N) is 1. The molecule has 1 N–H and O–H groups in total. The van der Waals surface area contributed by atoms with Crippen molar-refractivity contribution in [3.63, 3.8) is 0 Å². The number of hydrogen-bond donors (Lipinski definition) is 1. The normalized spacial score (nSPS) is 12.4. The third kappa shape index (κ3) is 5.39. The molecule has 0 heterocycles. The van der Waals surface area contributed by atoms with Crippen molar-refractivity contribution >= 4 is 16.0 Å². The molecule has 2 aromatic rings. The first kappa shape index (κ1) is 20.6. The average Bonchev–Trinajstić information content (AvgIpc) is 2.64. The summed E-state index contributed by atoms with van der Waals surface area (Å²) in [6.07, 6.45) is 0. The molecule has 0 saturated carbocycles. The highest BCUT2D eigenvalue weighted by atomic mass is 32.2. The number of aryl methyl sites for hydroxylation is 1. The predicted molar refractivity (Wildman–Crippen MR) is 101 cm³/mol. The summed E-state index contributed by atoms with van der Waals surface area (Å²) in [5.41, 5.74) is 1.91. The van der Waals surface area contributed by atoms with Gasteiger partial charge in [0.05, 0.1) is 16.5 Å². The number of benzene rings is 2. The van der Waals surface area contributed by atoms with Crippen molar-refractivity contribution in [1.29, 1.82) is 5.26 Å². The van der Waals surface area contributed by atoms with Crippen molar-refractivity contribution in [3.05, 3.63) is 65.2 Å². The molecule has 0 unspecified atom stereocenters. The van der Waals surface area contributed by atoms with Crippen LogP contribution in [0.25, 0.3) is 0 Å². The van der Waals surface area contributed by atoms with E-state index in [9.17, 15) is 13.2 Å². The van der Waals surface area contributed by atoms with Gasteiger partial charge in [0.15, 0.2) is 0 Å². The summed E-state index contributed by atoms with van der Waals surface area (Å²) in [6, 6.07) is 14.1. The summed E-state index contributed by atoms with van der Waals surface area (Å²) in [4.78, 5) is 12.6. The van der Waals surface area contributed by atoms with E-state index < -0.39 is 22.0 Å². The van der Waals surface area contributed by atoms with Gasteiger partial charge < -0.3 is 4.74 Å². The summed E-state index contributed by atoms with van der Waals surface area (Å²) in [5, 5.41) is 9.10. The SMILES string of the molecule is Cc1ccc(S(=O)(=O)N[C@H](C(=O)OCc2ccccc2C#N)C(C)C)cc1. The molecule has 2 aromatic carbocycles. The first-order valence-corrected chi connectivity index (χ1v) is 9.96. The predicted octanol–water partition coefficient (Wildman–Crippen LogP) is 2.91. The van der Waals surface area contributed by atoms with E-state index in [0.29, 0.717) is 11.1 Å². The lowest BCUT2D eigenvalue weighted by molar-refractivity contribution is -0.148. The fourth-order valence-electron chi connectivity index (χ4n) is 2.40. The second-order valence-electron chi connectivity index (χ2n) is 6.53. The molecule has 0 aliphatic rings. The Kier molecular flexibility index (Phi) is 6.72. The van der Waals surface area contributed by atoms with Gasteiger partial charge in [0, 0.05) is 5.56 Å². The number of nitriles is 1. The molecule has 1 atom stereocenters. The summed E-state index contributed by atoms with van der Waals surface area (Å²) < 4.78 is 32.9. The molecule has 0 radical (unpaired) electrons. The molecule has 142 valence electrons. The number of nitrogens with one attached hydrogen (secondary N) is 1. The summed E-state index contributed by atoms with van der Waals surface area (Å²) in [7, 11) is -3.87. The van der Waals surface area contributed by atoms with Crippen LogP contribution >= 0.6 is 0 Å². The first-order valence-electron chi connectivity index (χ1n) is 8.48. The zero-order valence-corrected chi connectivity index (χ0v) is 16.3. The number of hydrogen-bond acceptors (Lipinski definition) is 5. The van der Waals surface area contributed by atoms with Crippen LogP contribution in [0.2, 0.25) is 0 Å². The highest BCUT2D eigenvalue weighted by molar-refractivity contribution is 7.89. The average molecular weight is 386 g/mol. The van der Waals surface area contributed by atoms with Crippen molar-refractivity contribution in [2.45, 2.75) is 38.3 Å². The molecule has 0 aliphatic carbocycles. The van der Waals surface area contributed by atoms with Crippen LogP contribution in [0, 0.1) is 24.2 Å². The number of ether oxygens (including phenoxy) is 1. The van der Waals surface area contributed by atoms with Gasteiger partial charge in [-0.1, -0.05) is 49.7 Å². The Morgan fingerprint density at radius 2 is 1.78 bits per heavy atom. The minimum atomic E-state index is -3.87. The Morgan fingerprint density at radius 3 is 2.37 bits per heavy atom. The molecule has 0 bridgehead atoms. The number of rotatable bonds is 7. The molecule has 0 spiro atoms. The van der Waals surface area contributed by atoms with E-state index >= 15 is 0 Å². The highest BCUT2D eigenvalue weighted by Crippen LogP contribution is 2.15. The molecule has 2 rings (SSSR count). The highest BCUT2D eigenvalue weighted by Gasteiger charge is 2.29. The number of esters is 1. The molecule has 7 heteroatoms. The fourth-order valence-corrected chi connectivity index (χ4v) is 3.74. The van der Waals surface area contributed by atoms with Crippen molar-refractivity contribution in [3.8, 4) is 6.07 Å². The van der Waals surface area contributed by atoms with Crippen molar-refractivity contribution in [2.24, 2.45) is 5.92 Å². The van der Waals surface area contributed by atoms with Gasteiger partial charge in [-0.25, -0.2) is 8.42 Å². The first-order chi connectivity index (χ1) is 12.7. The molecule has 0 fully saturated rings. The third-order valence-corrected chi connectivity index (χ3v) is 5.50. The van der Waals surface area contributed by atoms with Crippen molar-refractivity contribution in [2.75, 3.05) is 0 Å². The molecular formula is C20H22N2O4S.